The summed E-state index contributed by atoms with van der Waals surface area (Å²) in [5.41, 5.74) is 8.99. The highest BCUT2D eigenvalue weighted by Gasteiger charge is 2.28. The Morgan fingerprint density at radius 3 is 2.37 bits per heavy atom. The molecule has 2 aromatic carbocycles. The molecule has 4 N–H and O–H groups in total. The molecule has 1 fully saturated rings. The molecule has 0 saturated heterocycles. The molecule has 0 bridgehead atoms. The average Bonchev–Trinajstić information content (AvgIpc) is 3.47. The number of carbonyl (C=O) groups excluding carboxylic acids is 1. The average molecular weight is 388 g/mol. The van der Waals surface area contributed by atoms with E-state index in [-0.39, 0.29) is 16.8 Å². The highest BCUT2D eigenvalue weighted by atomic mass is 32.2. The van der Waals surface area contributed by atoms with Crippen LogP contribution in [0.3, 0.4) is 0 Å². The van der Waals surface area contributed by atoms with Gasteiger partial charge in [0.15, 0.2) is 0 Å². The van der Waals surface area contributed by atoms with Crippen molar-refractivity contribution in [3.63, 3.8) is 0 Å². The van der Waals surface area contributed by atoms with Crippen molar-refractivity contribution in [3.05, 3.63) is 59.2 Å². The van der Waals surface area contributed by atoms with Gasteiger partial charge >= 0.3 is 0 Å². The van der Waals surface area contributed by atoms with Crippen LogP contribution >= 0.6 is 0 Å². The van der Waals surface area contributed by atoms with Crippen molar-refractivity contribution < 1.29 is 13.2 Å². The fourth-order valence-corrected chi connectivity index (χ4v) is 3.86. The van der Waals surface area contributed by atoms with E-state index in [1.807, 2.05) is 19.9 Å². The largest absolute Gasteiger partial charge is 0.350 e. The molecular weight excluding hydrogens is 362 g/mol. The van der Waals surface area contributed by atoms with Crippen LogP contribution in [-0.2, 0) is 10.0 Å². The Balaban J connectivity index is 1.65. The van der Waals surface area contributed by atoms with E-state index in [4.69, 9.17) is 5.73 Å². The molecule has 2 aromatic rings. The predicted molar refractivity (Wildman–Crippen MR) is 106 cm³/mol. The Morgan fingerprint density at radius 2 is 1.78 bits per heavy atom. The maximum absolute atomic E-state index is 12.5. The summed E-state index contributed by atoms with van der Waals surface area (Å²) >= 11 is 0. The number of hydrogen-bond acceptors (Lipinski definition) is 4. The van der Waals surface area contributed by atoms with Crippen LogP contribution in [0.5, 0.6) is 0 Å². The lowest BCUT2D eigenvalue weighted by molar-refractivity contribution is 0.0950. The number of nitrogens with two attached hydrogens (primary N) is 1. The molecule has 3 rings (SSSR count). The molecule has 1 atom stereocenters. The molecule has 27 heavy (non-hydrogen) atoms. The summed E-state index contributed by atoms with van der Waals surface area (Å²) in [7, 11) is -3.72. The van der Waals surface area contributed by atoms with Crippen molar-refractivity contribution in [2.24, 2.45) is 11.7 Å². The molecule has 0 radical (unpaired) electrons. The van der Waals surface area contributed by atoms with Crippen LogP contribution in [-0.4, -0.2) is 26.9 Å². The van der Waals surface area contributed by atoms with E-state index in [0.717, 1.165) is 24.0 Å². The quantitative estimate of drug-likeness (QED) is 0.679. The second kappa shape index (κ2) is 7.70. The van der Waals surface area contributed by atoms with Gasteiger partial charge in [0.25, 0.3) is 15.9 Å². The van der Waals surface area contributed by atoms with Gasteiger partial charge in [-0.05, 0) is 80.1 Å². The number of sulfonamides is 1. The van der Waals surface area contributed by atoms with Gasteiger partial charge in [-0.25, -0.2) is 8.42 Å². The van der Waals surface area contributed by atoms with Crippen molar-refractivity contribution in [1.29, 1.82) is 0 Å². The first kappa shape index (κ1) is 19.4. The maximum atomic E-state index is 12.5. The Hall–Kier alpha value is -2.38. The summed E-state index contributed by atoms with van der Waals surface area (Å²) in [5, 5.41) is 2.80. The number of aryl methyl sites for hydroxylation is 2. The normalized spacial score (nSPS) is 15.2. The van der Waals surface area contributed by atoms with Crippen molar-refractivity contribution in [3.8, 4) is 0 Å². The van der Waals surface area contributed by atoms with Crippen LogP contribution in [0.25, 0.3) is 0 Å². The Morgan fingerprint density at radius 1 is 1.11 bits per heavy atom. The summed E-state index contributed by atoms with van der Waals surface area (Å²) in [6, 6.07) is 11.2. The predicted octanol–water partition coefficient (Wildman–Crippen LogP) is 2.57. The number of carbonyl (C=O) groups is 1. The first-order valence-electron chi connectivity index (χ1n) is 9.00. The minimum absolute atomic E-state index is 0.0178. The fraction of sp³-hybridized carbons (Fsp3) is 0.350. The molecular formula is C20H25N3O3S. The second-order valence-corrected chi connectivity index (χ2v) is 8.82. The van der Waals surface area contributed by atoms with Crippen molar-refractivity contribution in [2.45, 2.75) is 37.6 Å². The number of nitrogens with one attached hydrogen (secondary N) is 2. The minimum Gasteiger partial charge on any atom is -0.350 e. The summed E-state index contributed by atoms with van der Waals surface area (Å²) in [4.78, 5) is 12.3. The van der Waals surface area contributed by atoms with Gasteiger partial charge in [0.1, 0.15) is 0 Å². The molecule has 1 amide bonds. The number of anilines is 1. The highest BCUT2D eigenvalue weighted by molar-refractivity contribution is 7.92. The number of benzene rings is 2. The van der Waals surface area contributed by atoms with E-state index >= 15 is 0 Å². The van der Waals surface area contributed by atoms with Crippen LogP contribution in [0, 0.1) is 19.8 Å². The van der Waals surface area contributed by atoms with E-state index in [0.29, 0.717) is 23.7 Å². The lowest BCUT2D eigenvalue weighted by atomic mass is 10.1. The molecule has 0 aliphatic heterocycles. The topological polar surface area (TPSA) is 101 Å². The van der Waals surface area contributed by atoms with Crippen LogP contribution < -0.4 is 15.8 Å². The van der Waals surface area contributed by atoms with Crippen LogP contribution in [0.4, 0.5) is 5.69 Å². The zero-order valence-corrected chi connectivity index (χ0v) is 16.3. The molecule has 1 aliphatic rings. The second-order valence-electron chi connectivity index (χ2n) is 7.14. The van der Waals surface area contributed by atoms with E-state index in [1.165, 1.54) is 24.3 Å². The monoisotopic (exact) mass is 387 g/mol. The Kier molecular flexibility index (Phi) is 5.53. The molecule has 1 unspecified atom stereocenters. The maximum Gasteiger partial charge on any atom is 0.261 e. The Bertz CT molecular complexity index is 935. The fourth-order valence-electron chi connectivity index (χ4n) is 2.81. The van der Waals surface area contributed by atoms with Crippen molar-refractivity contribution in [2.75, 3.05) is 11.3 Å². The molecule has 0 spiro atoms. The molecule has 0 aromatic heterocycles. The van der Waals surface area contributed by atoms with Crippen molar-refractivity contribution >= 4 is 21.6 Å². The van der Waals surface area contributed by atoms with Crippen molar-refractivity contribution in [1.82, 2.24) is 5.32 Å². The number of rotatable bonds is 7. The van der Waals surface area contributed by atoms with Gasteiger partial charge in [-0.1, -0.05) is 6.07 Å². The van der Waals surface area contributed by atoms with Gasteiger partial charge in [-0.3, -0.25) is 9.52 Å². The van der Waals surface area contributed by atoms with Gasteiger partial charge in [0.05, 0.1) is 4.90 Å². The summed E-state index contributed by atoms with van der Waals surface area (Å²) in [5.74, 6) is 0.256. The van der Waals surface area contributed by atoms with E-state index in [1.54, 1.807) is 12.1 Å². The molecule has 6 nitrogen and oxygen atoms in total. The van der Waals surface area contributed by atoms with Gasteiger partial charge in [0.2, 0.25) is 0 Å². The van der Waals surface area contributed by atoms with E-state index in [2.05, 4.69) is 10.0 Å². The SMILES string of the molecule is Cc1ccc(NS(=O)(=O)c2ccc(C(=O)NCC(N)C3CC3)cc2)cc1C. The van der Waals surface area contributed by atoms with Gasteiger partial charge < -0.3 is 11.1 Å². The van der Waals surface area contributed by atoms with Gasteiger partial charge in [0, 0.05) is 23.8 Å². The highest BCUT2D eigenvalue weighted by Crippen LogP contribution is 2.31. The van der Waals surface area contributed by atoms with Gasteiger partial charge in [-0.2, -0.15) is 0 Å². The minimum atomic E-state index is -3.72. The lowest BCUT2D eigenvalue weighted by Crippen LogP contribution is -2.38. The first-order valence-corrected chi connectivity index (χ1v) is 10.5. The van der Waals surface area contributed by atoms with Crippen LogP contribution in [0.15, 0.2) is 47.4 Å². The molecule has 0 heterocycles. The standard InChI is InChI=1S/C20H25N3O3S/c1-13-3-8-17(11-14(13)2)23-27(25,26)18-9-6-16(7-10-18)20(24)22-12-19(21)15-4-5-15/h3,6-11,15,19,23H,4-5,12,21H2,1-2H3,(H,22,24). The molecule has 1 aliphatic carbocycles. The van der Waals surface area contributed by atoms with Crippen LogP contribution in [0.2, 0.25) is 0 Å². The third-order valence-electron chi connectivity index (χ3n) is 4.91. The first-order chi connectivity index (χ1) is 12.8. The summed E-state index contributed by atoms with van der Waals surface area (Å²) in [6.07, 6.45) is 2.24. The molecule has 144 valence electrons. The lowest BCUT2D eigenvalue weighted by Gasteiger charge is -2.12. The van der Waals surface area contributed by atoms with Crippen LogP contribution in [0.1, 0.15) is 34.3 Å². The molecule has 1 saturated carbocycles. The summed E-state index contributed by atoms with van der Waals surface area (Å²) < 4.78 is 27.7. The number of hydrogen-bond donors (Lipinski definition) is 3. The zero-order chi connectivity index (χ0) is 19.6. The third-order valence-corrected chi connectivity index (χ3v) is 6.31. The van der Waals surface area contributed by atoms with E-state index < -0.39 is 10.0 Å². The van der Waals surface area contributed by atoms with Gasteiger partial charge in [-0.15, -0.1) is 0 Å². The number of amides is 1. The Labute approximate surface area is 160 Å². The van der Waals surface area contributed by atoms with E-state index in [9.17, 15) is 13.2 Å². The third kappa shape index (κ3) is 4.87. The zero-order valence-electron chi connectivity index (χ0n) is 15.5. The molecule has 7 heteroatoms. The smallest absolute Gasteiger partial charge is 0.261 e. The summed E-state index contributed by atoms with van der Waals surface area (Å²) in [6.45, 7) is 4.32.